The Morgan fingerprint density at radius 3 is 2.53 bits per heavy atom. The Morgan fingerprint density at radius 1 is 1.53 bits per heavy atom. The first-order valence-electron chi connectivity index (χ1n) is 5.21. The number of aliphatic hydroxyl groups is 2. The first-order valence-corrected chi connectivity index (χ1v) is 5.21. The van der Waals surface area contributed by atoms with Gasteiger partial charge in [-0.15, -0.1) is 0 Å². The molecule has 0 aromatic carbocycles. The van der Waals surface area contributed by atoms with Gasteiger partial charge >= 0.3 is 5.97 Å². The molecule has 0 fully saturated rings. The molecule has 5 nitrogen and oxygen atoms in total. The van der Waals surface area contributed by atoms with Gasteiger partial charge in [-0.25, -0.2) is 4.79 Å². The molecule has 0 aliphatic carbocycles. The van der Waals surface area contributed by atoms with Crippen molar-refractivity contribution in [2.75, 3.05) is 19.7 Å². The fourth-order valence-electron chi connectivity index (χ4n) is 1.23. The van der Waals surface area contributed by atoms with Crippen molar-refractivity contribution in [2.24, 2.45) is 5.92 Å². The van der Waals surface area contributed by atoms with Crippen LogP contribution in [0.25, 0.3) is 0 Å². The number of carbonyl (C=O) groups is 1. The number of aliphatic carboxylic acids is 1. The molecule has 90 valence electrons. The molecule has 0 aromatic rings. The highest BCUT2D eigenvalue weighted by Gasteiger charge is 2.29. The van der Waals surface area contributed by atoms with Gasteiger partial charge in [0.05, 0.1) is 0 Å². The zero-order valence-corrected chi connectivity index (χ0v) is 9.36. The maximum Gasteiger partial charge on any atom is 0.336 e. The monoisotopic (exact) mass is 219 g/mol. The number of aliphatic hydroxyl groups excluding tert-OH is 1. The minimum Gasteiger partial charge on any atom is -0.479 e. The van der Waals surface area contributed by atoms with E-state index in [0.29, 0.717) is 18.9 Å². The fourth-order valence-corrected chi connectivity index (χ4v) is 1.23. The van der Waals surface area contributed by atoms with E-state index in [-0.39, 0.29) is 13.2 Å². The Hall–Kier alpha value is -0.650. The van der Waals surface area contributed by atoms with Crippen molar-refractivity contribution < 1.29 is 20.1 Å². The molecule has 0 heterocycles. The first kappa shape index (κ1) is 14.3. The van der Waals surface area contributed by atoms with Crippen molar-refractivity contribution in [3.05, 3.63) is 0 Å². The summed E-state index contributed by atoms with van der Waals surface area (Å²) in [6, 6.07) is 0. The molecule has 0 aliphatic rings. The molecular formula is C10H21NO4. The lowest BCUT2D eigenvalue weighted by Crippen LogP contribution is -2.45. The van der Waals surface area contributed by atoms with Crippen LogP contribution >= 0.6 is 0 Å². The van der Waals surface area contributed by atoms with Crippen molar-refractivity contribution in [3.63, 3.8) is 0 Å². The third-order valence-corrected chi connectivity index (χ3v) is 2.48. The summed E-state index contributed by atoms with van der Waals surface area (Å²) in [6.07, 6.45) is 1.61. The van der Waals surface area contributed by atoms with Gasteiger partial charge < -0.3 is 20.6 Å². The smallest absolute Gasteiger partial charge is 0.336 e. The van der Waals surface area contributed by atoms with Crippen LogP contribution in [-0.2, 0) is 4.79 Å². The van der Waals surface area contributed by atoms with Crippen LogP contribution in [0.5, 0.6) is 0 Å². The van der Waals surface area contributed by atoms with E-state index in [1.54, 1.807) is 0 Å². The zero-order chi connectivity index (χ0) is 11.9. The van der Waals surface area contributed by atoms with Crippen LogP contribution in [0, 0.1) is 5.92 Å². The second-order valence-corrected chi connectivity index (χ2v) is 4.00. The Balaban J connectivity index is 3.81. The molecule has 0 aromatic heterocycles. The number of rotatable bonds is 8. The van der Waals surface area contributed by atoms with Gasteiger partial charge in [0.2, 0.25) is 0 Å². The number of hydrogen-bond acceptors (Lipinski definition) is 4. The van der Waals surface area contributed by atoms with Gasteiger partial charge in [-0.3, -0.25) is 0 Å². The number of carboxylic acids is 1. The summed E-state index contributed by atoms with van der Waals surface area (Å²) >= 11 is 0. The fraction of sp³-hybridized carbons (Fsp3) is 0.900. The highest BCUT2D eigenvalue weighted by Crippen LogP contribution is 2.07. The van der Waals surface area contributed by atoms with Crippen molar-refractivity contribution in [1.29, 1.82) is 0 Å². The van der Waals surface area contributed by atoms with Crippen LogP contribution in [0.15, 0.2) is 0 Å². The Labute approximate surface area is 90.1 Å². The van der Waals surface area contributed by atoms with Crippen LogP contribution in [0.4, 0.5) is 0 Å². The van der Waals surface area contributed by atoms with E-state index in [9.17, 15) is 9.90 Å². The average Bonchev–Trinajstić information content (AvgIpc) is 2.16. The summed E-state index contributed by atoms with van der Waals surface area (Å²) in [5.41, 5.74) is -1.72. The molecule has 0 saturated heterocycles. The number of nitrogens with one attached hydrogen (secondary N) is 1. The zero-order valence-electron chi connectivity index (χ0n) is 9.36. The summed E-state index contributed by atoms with van der Waals surface area (Å²) in [6.45, 7) is 4.03. The molecule has 0 aliphatic heterocycles. The van der Waals surface area contributed by atoms with E-state index in [1.165, 1.54) is 6.92 Å². The Bertz CT molecular complexity index is 194. The second kappa shape index (κ2) is 6.76. The highest BCUT2D eigenvalue weighted by molar-refractivity contribution is 5.76. The Morgan fingerprint density at radius 2 is 2.13 bits per heavy atom. The number of hydrogen-bond donors (Lipinski definition) is 4. The van der Waals surface area contributed by atoms with Crippen molar-refractivity contribution in [2.45, 2.75) is 32.3 Å². The summed E-state index contributed by atoms with van der Waals surface area (Å²) in [7, 11) is 0. The van der Waals surface area contributed by atoms with Crippen LogP contribution in [0.3, 0.4) is 0 Å². The molecule has 0 spiro atoms. The van der Waals surface area contributed by atoms with E-state index in [4.69, 9.17) is 10.2 Å². The maximum atomic E-state index is 10.6. The molecule has 2 unspecified atom stereocenters. The molecule has 2 atom stereocenters. The molecule has 4 N–H and O–H groups in total. The van der Waals surface area contributed by atoms with Crippen molar-refractivity contribution in [1.82, 2.24) is 5.32 Å². The lowest BCUT2D eigenvalue weighted by molar-refractivity contribution is -0.156. The summed E-state index contributed by atoms with van der Waals surface area (Å²) < 4.78 is 0. The standard InChI is InChI=1S/C10H21NO4/c1-3-8(4-5-12)6-11-7-10(2,15)9(13)14/h8,11-12,15H,3-7H2,1-2H3,(H,13,14). The van der Waals surface area contributed by atoms with E-state index in [2.05, 4.69) is 5.32 Å². The van der Waals surface area contributed by atoms with Crippen LogP contribution < -0.4 is 5.32 Å². The van der Waals surface area contributed by atoms with Crippen LogP contribution in [0.2, 0.25) is 0 Å². The molecule has 15 heavy (non-hydrogen) atoms. The summed E-state index contributed by atoms with van der Waals surface area (Å²) in [5.74, 6) is -0.912. The summed E-state index contributed by atoms with van der Waals surface area (Å²) in [4.78, 5) is 10.6. The van der Waals surface area contributed by atoms with Crippen molar-refractivity contribution in [3.8, 4) is 0 Å². The van der Waals surface area contributed by atoms with E-state index in [1.807, 2.05) is 6.92 Å². The minimum absolute atomic E-state index is 0.0181. The molecule has 0 radical (unpaired) electrons. The minimum atomic E-state index is -1.72. The lowest BCUT2D eigenvalue weighted by Gasteiger charge is -2.20. The predicted octanol–water partition coefficient (Wildman–Crippen LogP) is -0.180. The lowest BCUT2D eigenvalue weighted by atomic mass is 10.0. The average molecular weight is 219 g/mol. The highest BCUT2D eigenvalue weighted by atomic mass is 16.4. The van der Waals surface area contributed by atoms with Gasteiger partial charge in [-0.2, -0.15) is 0 Å². The maximum absolute atomic E-state index is 10.6. The first-order chi connectivity index (χ1) is 6.94. The molecule has 5 heteroatoms. The second-order valence-electron chi connectivity index (χ2n) is 4.00. The van der Waals surface area contributed by atoms with Gasteiger partial charge in [0.1, 0.15) is 0 Å². The van der Waals surface area contributed by atoms with Gasteiger partial charge in [-0.1, -0.05) is 13.3 Å². The van der Waals surface area contributed by atoms with Crippen LogP contribution in [0.1, 0.15) is 26.7 Å². The van der Waals surface area contributed by atoms with E-state index >= 15 is 0 Å². The molecule has 0 bridgehead atoms. The van der Waals surface area contributed by atoms with Crippen LogP contribution in [-0.4, -0.2) is 46.6 Å². The van der Waals surface area contributed by atoms with Gasteiger partial charge in [0, 0.05) is 13.2 Å². The largest absolute Gasteiger partial charge is 0.479 e. The molecule has 0 amide bonds. The normalized spacial score (nSPS) is 17.1. The Kier molecular flexibility index (Phi) is 6.47. The third-order valence-electron chi connectivity index (χ3n) is 2.48. The molecule has 0 saturated carbocycles. The van der Waals surface area contributed by atoms with Gasteiger partial charge in [0.25, 0.3) is 0 Å². The quantitative estimate of drug-likeness (QED) is 0.455. The van der Waals surface area contributed by atoms with E-state index in [0.717, 1.165) is 6.42 Å². The van der Waals surface area contributed by atoms with Gasteiger partial charge in [-0.05, 0) is 25.8 Å². The number of carboxylic acid groups (broad SMARTS) is 1. The predicted molar refractivity (Wildman–Crippen MR) is 56.6 cm³/mol. The molecular weight excluding hydrogens is 198 g/mol. The van der Waals surface area contributed by atoms with E-state index < -0.39 is 11.6 Å². The summed E-state index contributed by atoms with van der Waals surface area (Å²) in [5, 5.41) is 29.7. The van der Waals surface area contributed by atoms with Crippen molar-refractivity contribution >= 4 is 5.97 Å². The topological polar surface area (TPSA) is 89.8 Å². The van der Waals surface area contributed by atoms with Gasteiger partial charge in [0.15, 0.2) is 5.60 Å². The SMILES string of the molecule is CCC(CCO)CNCC(C)(O)C(=O)O. The third kappa shape index (κ3) is 5.71. The molecule has 0 rings (SSSR count).